The Morgan fingerprint density at radius 1 is 1.16 bits per heavy atom. The van der Waals surface area contributed by atoms with Gasteiger partial charge in [0.1, 0.15) is 11.3 Å². The SMILES string of the molecule is FC(F)(F)c1ccc2ncc(-c3cncc([C@H]4CCCNC4)n3)n2c1. The first-order valence-corrected chi connectivity index (χ1v) is 8.10. The molecule has 1 aliphatic rings. The van der Waals surface area contributed by atoms with Gasteiger partial charge in [-0.05, 0) is 31.5 Å². The van der Waals surface area contributed by atoms with E-state index in [0.717, 1.165) is 43.9 Å². The van der Waals surface area contributed by atoms with Crippen molar-refractivity contribution in [1.29, 1.82) is 0 Å². The molecule has 1 fully saturated rings. The second kappa shape index (κ2) is 6.11. The number of nitrogens with one attached hydrogen (secondary N) is 1. The van der Waals surface area contributed by atoms with Crippen LogP contribution in [0.2, 0.25) is 0 Å². The molecule has 0 unspecified atom stereocenters. The fourth-order valence-electron chi connectivity index (χ4n) is 3.14. The number of nitrogens with zero attached hydrogens (tertiary/aromatic N) is 4. The number of alkyl halides is 3. The summed E-state index contributed by atoms with van der Waals surface area (Å²) in [5.74, 6) is 0.270. The van der Waals surface area contributed by atoms with Crippen LogP contribution >= 0.6 is 0 Å². The van der Waals surface area contributed by atoms with Crippen LogP contribution in [0.15, 0.2) is 36.9 Å². The molecule has 1 N–H and O–H groups in total. The Hall–Kier alpha value is -2.48. The molecule has 130 valence electrons. The lowest BCUT2D eigenvalue weighted by atomic mass is 9.96. The van der Waals surface area contributed by atoms with Crippen LogP contribution in [0.4, 0.5) is 13.2 Å². The molecular weight excluding hydrogens is 331 g/mol. The minimum atomic E-state index is -4.41. The summed E-state index contributed by atoms with van der Waals surface area (Å²) in [6.45, 7) is 1.83. The predicted molar refractivity (Wildman–Crippen MR) is 86.1 cm³/mol. The molecule has 8 heteroatoms. The van der Waals surface area contributed by atoms with Crippen molar-refractivity contribution < 1.29 is 13.2 Å². The number of hydrogen-bond donors (Lipinski definition) is 1. The molecule has 4 rings (SSSR count). The third-order valence-electron chi connectivity index (χ3n) is 4.46. The molecule has 1 saturated heterocycles. The van der Waals surface area contributed by atoms with Crippen molar-refractivity contribution in [2.75, 3.05) is 13.1 Å². The van der Waals surface area contributed by atoms with Gasteiger partial charge in [-0.15, -0.1) is 0 Å². The number of fused-ring (bicyclic) bond motifs is 1. The largest absolute Gasteiger partial charge is 0.417 e. The molecule has 4 heterocycles. The quantitative estimate of drug-likeness (QED) is 0.773. The van der Waals surface area contributed by atoms with Crippen LogP contribution in [0, 0.1) is 0 Å². The Morgan fingerprint density at radius 3 is 2.80 bits per heavy atom. The zero-order chi connectivity index (χ0) is 17.4. The van der Waals surface area contributed by atoms with E-state index in [1.54, 1.807) is 12.4 Å². The molecule has 0 amide bonds. The molecule has 25 heavy (non-hydrogen) atoms. The maximum absolute atomic E-state index is 13.0. The van der Waals surface area contributed by atoms with E-state index < -0.39 is 11.7 Å². The van der Waals surface area contributed by atoms with Gasteiger partial charge in [0.25, 0.3) is 0 Å². The monoisotopic (exact) mass is 347 g/mol. The summed E-state index contributed by atoms with van der Waals surface area (Å²) in [5, 5.41) is 3.33. The van der Waals surface area contributed by atoms with E-state index in [2.05, 4.69) is 20.3 Å². The average molecular weight is 347 g/mol. The highest BCUT2D eigenvalue weighted by Gasteiger charge is 2.31. The number of hydrogen-bond acceptors (Lipinski definition) is 4. The zero-order valence-electron chi connectivity index (χ0n) is 13.3. The smallest absolute Gasteiger partial charge is 0.316 e. The van der Waals surface area contributed by atoms with Crippen LogP contribution in [-0.4, -0.2) is 32.4 Å². The van der Waals surface area contributed by atoms with Gasteiger partial charge in [0, 0.05) is 24.9 Å². The van der Waals surface area contributed by atoms with Crippen LogP contribution in [-0.2, 0) is 6.18 Å². The Bertz CT molecular complexity index is 897. The van der Waals surface area contributed by atoms with E-state index >= 15 is 0 Å². The molecule has 0 aromatic carbocycles. The van der Waals surface area contributed by atoms with Gasteiger partial charge in [-0.25, -0.2) is 9.97 Å². The first kappa shape index (κ1) is 16.0. The van der Waals surface area contributed by atoms with Gasteiger partial charge < -0.3 is 5.32 Å². The summed E-state index contributed by atoms with van der Waals surface area (Å²) in [7, 11) is 0. The lowest BCUT2D eigenvalue weighted by Gasteiger charge is -2.22. The maximum Gasteiger partial charge on any atom is 0.417 e. The van der Waals surface area contributed by atoms with Crippen LogP contribution in [0.3, 0.4) is 0 Å². The highest BCUT2D eigenvalue weighted by molar-refractivity contribution is 5.59. The number of halogens is 3. The van der Waals surface area contributed by atoms with E-state index in [9.17, 15) is 13.2 Å². The van der Waals surface area contributed by atoms with Gasteiger partial charge in [-0.2, -0.15) is 13.2 Å². The number of piperidine rings is 1. The van der Waals surface area contributed by atoms with E-state index in [1.807, 2.05) is 0 Å². The topological polar surface area (TPSA) is 55.1 Å². The molecule has 3 aromatic heterocycles. The summed E-state index contributed by atoms with van der Waals surface area (Å²) in [6, 6.07) is 2.39. The third kappa shape index (κ3) is 3.09. The van der Waals surface area contributed by atoms with E-state index in [4.69, 9.17) is 0 Å². The standard InChI is InChI=1S/C17H16F3N5/c18-17(19,20)12-3-4-16-23-9-15(25(16)10-12)14-8-22-7-13(24-14)11-2-1-5-21-6-11/h3-4,7-11,21H,1-2,5-6H2/t11-/m0/s1. The van der Waals surface area contributed by atoms with Crippen LogP contribution < -0.4 is 5.32 Å². The van der Waals surface area contributed by atoms with Crippen molar-refractivity contribution in [3.05, 3.63) is 48.2 Å². The van der Waals surface area contributed by atoms with Crippen LogP contribution in [0.1, 0.15) is 30.0 Å². The molecule has 5 nitrogen and oxygen atoms in total. The Kier molecular flexibility index (Phi) is 3.91. The van der Waals surface area contributed by atoms with Crippen molar-refractivity contribution in [3.8, 4) is 11.4 Å². The van der Waals surface area contributed by atoms with Gasteiger partial charge in [-0.3, -0.25) is 9.38 Å². The van der Waals surface area contributed by atoms with E-state index in [1.165, 1.54) is 16.7 Å². The average Bonchev–Trinajstić information content (AvgIpc) is 3.05. The Morgan fingerprint density at radius 2 is 2.04 bits per heavy atom. The molecule has 0 aliphatic carbocycles. The molecule has 1 atom stereocenters. The number of imidazole rings is 1. The molecule has 3 aromatic rings. The first-order chi connectivity index (χ1) is 12.0. The van der Waals surface area contributed by atoms with Crippen LogP contribution in [0.25, 0.3) is 17.0 Å². The number of rotatable bonds is 2. The number of pyridine rings is 1. The summed E-state index contributed by atoms with van der Waals surface area (Å²) in [4.78, 5) is 13.1. The molecular formula is C17H16F3N5. The molecule has 0 saturated carbocycles. The molecule has 0 spiro atoms. The van der Waals surface area contributed by atoms with Crippen molar-refractivity contribution in [2.24, 2.45) is 0 Å². The lowest BCUT2D eigenvalue weighted by Crippen LogP contribution is -2.28. The zero-order valence-corrected chi connectivity index (χ0v) is 13.3. The molecule has 0 bridgehead atoms. The predicted octanol–water partition coefficient (Wildman–Crippen LogP) is 3.28. The van der Waals surface area contributed by atoms with Crippen molar-refractivity contribution in [3.63, 3.8) is 0 Å². The Labute approximate surface area is 141 Å². The fraction of sp³-hybridized carbons (Fsp3) is 0.353. The second-order valence-corrected chi connectivity index (χ2v) is 6.16. The van der Waals surface area contributed by atoms with Gasteiger partial charge >= 0.3 is 6.18 Å². The highest BCUT2D eigenvalue weighted by Crippen LogP contribution is 2.31. The second-order valence-electron chi connectivity index (χ2n) is 6.16. The summed E-state index contributed by atoms with van der Waals surface area (Å²) >= 11 is 0. The minimum Gasteiger partial charge on any atom is -0.316 e. The molecule has 0 radical (unpaired) electrons. The molecule has 1 aliphatic heterocycles. The van der Waals surface area contributed by atoms with Crippen molar-refractivity contribution in [1.82, 2.24) is 24.7 Å². The summed E-state index contributed by atoms with van der Waals surface area (Å²) < 4.78 is 40.4. The fourth-order valence-corrected chi connectivity index (χ4v) is 3.14. The van der Waals surface area contributed by atoms with Crippen molar-refractivity contribution >= 4 is 5.65 Å². The summed E-state index contributed by atoms with van der Waals surface area (Å²) in [5.41, 5.74) is 1.59. The first-order valence-electron chi connectivity index (χ1n) is 8.10. The van der Waals surface area contributed by atoms with E-state index in [-0.39, 0.29) is 5.92 Å². The Balaban J connectivity index is 1.76. The van der Waals surface area contributed by atoms with Crippen molar-refractivity contribution in [2.45, 2.75) is 24.9 Å². The van der Waals surface area contributed by atoms with Gasteiger partial charge in [0.15, 0.2) is 0 Å². The third-order valence-corrected chi connectivity index (χ3v) is 4.46. The maximum atomic E-state index is 13.0. The lowest BCUT2D eigenvalue weighted by molar-refractivity contribution is -0.137. The van der Waals surface area contributed by atoms with Gasteiger partial charge in [0.05, 0.1) is 29.3 Å². The van der Waals surface area contributed by atoms with Gasteiger partial charge in [0.2, 0.25) is 0 Å². The number of aromatic nitrogens is 4. The van der Waals surface area contributed by atoms with Gasteiger partial charge in [-0.1, -0.05) is 0 Å². The van der Waals surface area contributed by atoms with Crippen LogP contribution in [0.5, 0.6) is 0 Å². The highest BCUT2D eigenvalue weighted by atomic mass is 19.4. The summed E-state index contributed by atoms with van der Waals surface area (Å²) in [6.07, 6.45) is 3.56. The minimum absolute atomic E-state index is 0.270. The van der Waals surface area contributed by atoms with E-state index in [0.29, 0.717) is 17.0 Å². The normalized spacial score (nSPS) is 18.6.